The fourth-order valence-electron chi connectivity index (χ4n) is 2.39. The lowest BCUT2D eigenvalue weighted by molar-refractivity contribution is 0.0934. The summed E-state index contributed by atoms with van der Waals surface area (Å²) in [6.07, 6.45) is 0.649. The minimum atomic E-state index is -1.07. The van der Waals surface area contributed by atoms with Gasteiger partial charge in [-0.05, 0) is 48.4 Å². The van der Waals surface area contributed by atoms with Gasteiger partial charge >= 0.3 is 0 Å². The Hall–Kier alpha value is -1.95. The van der Waals surface area contributed by atoms with Gasteiger partial charge in [-0.25, -0.2) is 13.2 Å². The third kappa shape index (κ3) is 2.97. The van der Waals surface area contributed by atoms with E-state index in [0.29, 0.717) is 12.0 Å². The van der Waals surface area contributed by atoms with Gasteiger partial charge in [0.05, 0.1) is 6.04 Å². The van der Waals surface area contributed by atoms with E-state index in [2.05, 4.69) is 5.32 Å². The standard InChI is InChI=1S/C16H12F3NOS/c17-10-2-4-15-11(8-10)14(5-6-22-15)20-16(21)9-1-3-12(18)13(19)7-9/h1-4,7-8,14H,5-6H2,(H,20,21). The van der Waals surface area contributed by atoms with Crippen LogP contribution >= 0.6 is 11.8 Å². The van der Waals surface area contributed by atoms with Crippen molar-refractivity contribution in [3.8, 4) is 0 Å². The van der Waals surface area contributed by atoms with E-state index < -0.39 is 17.5 Å². The summed E-state index contributed by atoms with van der Waals surface area (Å²) in [5.74, 6) is -2.16. The molecule has 2 nitrogen and oxygen atoms in total. The molecule has 114 valence electrons. The van der Waals surface area contributed by atoms with E-state index in [9.17, 15) is 18.0 Å². The normalized spacial score (nSPS) is 17.0. The molecule has 1 aliphatic heterocycles. The van der Waals surface area contributed by atoms with Crippen molar-refractivity contribution in [2.75, 3.05) is 5.75 Å². The van der Waals surface area contributed by atoms with Crippen LogP contribution in [0.1, 0.15) is 28.4 Å². The fourth-order valence-corrected chi connectivity index (χ4v) is 3.50. The van der Waals surface area contributed by atoms with Crippen molar-refractivity contribution in [1.82, 2.24) is 5.32 Å². The first-order valence-corrected chi connectivity index (χ1v) is 7.71. The van der Waals surface area contributed by atoms with Crippen molar-refractivity contribution in [3.05, 3.63) is 65.0 Å². The van der Waals surface area contributed by atoms with Gasteiger partial charge in [0.2, 0.25) is 0 Å². The predicted octanol–water partition coefficient (Wildman–Crippen LogP) is 4.07. The van der Waals surface area contributed by atoms with E-state index in [0.717, 1.165) is 22.8 Å². The lowest BCUT2D eigenvalue weighted by Gasteiger charge is -2.26. The van der Waals surface area contributed by atoms with Crippen LogP contribution in [0, 0.1) is 17.5 Å². The van der Waals surface area contributed by atoms with Crippen LogP contribution in [0.2, 0.25) is 0 Å². The number of thioether (sulfide) groups is 1. The number of hydrogen-bond acceptors (Lipinski definition) is 2. The first-order valence-electron chi connectivity index (χ1n) is 6.73. The van der Waals surface area contributed by atoms with Crippen molar-refractivity contribution in [3.63, 3.8) is 0 Å². The van der Waals surface area contributed by atoms with Crippen LogP contribution in [0.4, 0.5) is 13.2 Å². The molecule has 22 heavy (non-hydrogen) atoms. The van der Waals surface area contributed by atoms with Crippen molar-refractivity contribution in [1.29, 1.82) is 0 Å². The maximum absolute atomic E-state index is 13.4. The third-order valence-corrected chi connectivity index (χ3v) is 4.62. The molecule has 0 spiro atoms. The Morgan fingerprint density at radius 2 is 1.91 bits per heavy atom. The van der Waals surface area contributed by atoms with Crippen LogP contribution in [0.3, 0.4) is 0 Å². The second kappa shape index (κ2) is 6.04. The predicted molar refractivity (Wildman–Crippen MR) is 78.3 cm³/mol. The smallest absolute Gasteiger partial charge is 0.251 e. The average molecular weight is 323 g/mol. The lowest BCUT2D eigenvalue weighted by atomic mass is 10.0. The Kier molecular flexibility index (Phi) is 4.11. The number of fused-ring (bicyclic) bond motifs is 1. The Balaban J connectivity index is 1.83. The van der Waals surface area contributed by atoms with Crippen LogP contribution < -0.4 is 5.32 Å². The average Bonchev–Trinajstić information content (AvgIpc) is 2.50. The zero-order valence-electron chi connectivity index (χ0n) is 11.4. The number of carbonyl (C=O) groups is 1. The summed E-state index contributed by atoms with van der Waals surface area (Å²) in [6, 6.07) is 7.11. The Bertz CT molecular complexity index is 735. The van der Waals surface area contributed by atoms with Crippen LogP contribution in [-0.2, 0) is 0 Å². The quantitative estimate of drug-likeness (QED) is 0.902. The minimum Gasteiger partial charge on any atom is -0.345 e. The molecule has 1 heterocycles. The summed E-state index contributed by atoms with van der Waals surface area (Å²) in [6.45, 7) is 0. The molecule has 1 atom stereocenters. The molecule has 0 fully saturated rings. The van der Waals surface area contributed by atoms with Gasteiger partial charge < -0.3 is 5.32 Å². The number of halogens is 3. The van der Waals surface area contributed by atoms with Crippen LogP contribution in [0.15, 0.2) is 41.3 Å². The molecule has 1 unspecified atom stereocenters. The molecule has 0 aliphatic carbocycles. The van der Waals surface area contributed by atoms with Gasteiger partial charge in [0.25, 0.3) is 5.91 Å². The van der Waals surface area contributed by atoms with Gasteiger partial charge in [-0.3, -0.25) is 4.79 Å². The highest BCUT2D eigenvalue weighted by atomic mass is 32.2. The molecule has 2 aromatic rings. The Morgan fingerprint density at radius 3 is 2.68 bits per heavy atom. The second-order valence-electron chi connectivity index (χ2n) is 4.97. The molecule has 0 saturated carbocycles. The van der Waals surface area contributed by atoms with Crippen LogP contribution in [-0.4, -0.2) is 11.7 Å². The first kappa shape index (κ1) is 15.0. The first-order chi connectivity index (χ1) is 10.5. The van der Waals surface area contributed by atoms with E-state index in [-0.39, 0.29) is 17.4 Å². The molecule has 0 aromatic heterocycles. The van der Waals surface area contributed by atoms with Gasteiger partial charge in [-0.15, -0.1) is 11.8 Å². The highest BCUT2D eigenvalue weighted by molar-refractivity contribution is 7.99. The summed E-state index contributed by atoms with van der Waals surface area (Å²) in [5, 5.41) is 2.76. The molecular weight excluding hydrogens is 311 g/mol. The summed E-state index contributed by atoms with van der Waals surface area (Å²) in [5.41, 5.74) is 0.752. The Morgan fingerprint density at radius 1 is 1.09 bits per heavy atom. The van der Waals surface area contributed by atoms with Gasteiger partial charge in [0.1, 0.15) is 5.82 Å². The number of hydrogen-bond donors (Lipinski definition) is 1. The molecule has 0 bridgehead atoms. The fraction of sp³-hybridized carbons (Fsp3) is 0.188. The number of carbonyl (C=O) groups excluding carboxylic acids is 1. The van der Waals surface area contributed by atoms with Crippen molar-refractivity contribution < 1.29 is 18.0 Å². The van der Waals surface area contributed by atoms with E-state index >= 15 is 0 Å². The molecular formula is C16H12F3NOS. The SMILES string of the molecule is O=C(NC1CCSc2ccc(F)cc21)c1ccc(F)c(F)c1. The molecule has 1 aliphatic rings. The summed E-state index contributed by atoms with van der Waals surface area (Å²) in [7, 11) is 0. The number of rotatable bonds is 2. The zero-order chi connectivity index (χ0) is 15.7. The third-order valence-electron chi connectivity index (χ3n) is 3.50. The molecule has 0 radical (unpaired) electrons. The second-order valence-corrected chi connectivity index (χ2v) is 6.11. The highest BCUT2D eigenvalue weighted by Crippen LogP contribution is 2.36. The van der Waals surface area contributed by atoms with Crippen LogP contribution in [0.25, 0.3) is 0 Å². The van der Waals surface area contributed by atoms with Gasteiger partial charge in [-0.1, -0.05) is 0 Å². The number of nitrogens with one attached hydrogen (secondary N) is 1. The molecule has 1 amide bonds. The number of amides is 1. The lowest BCUT2D eigenvalue weighted by Crippen LogP contribution is -2.30. The van der Waals surface area contributed by atoms with Gasteiger partial charge in [-0.2, -0.15) is 0 Å². The number of benzene rings is 2. The van der Waals surface area contributed by atoms with E-state index in [1.54, 1.807) is 17.8 Å². The van der Waals surface area contributed by atoms with Crippen LogP contribution in [0.5, 0.6) is 0 Å². The Labute approximate surface area is 129 Å². The zero-order valence-corrected chi connectivity index (χ0v) is 12.2. The minimum absolute atomic E-state index is 0.0371. The maximum atomic E-state index is 13.4. The topological polar surface area (TPSA) is 29.1 Å². The van der Waals surface area contributed by atoms with E-state index in [1.807, 2.05) is 0 Å². The monoisotopic (exact) mass is 323 g/mol. The molecule has 0 saturated heterocycles. The van der Waals surface area contributed by atoms with Gasteiger partial charge in [0.15, 0.2) is 11.6 Å². The molecule has 6 heteroatoms. The van der Waals surface area contributed by atoms with Crippen molar-refractivity contribution in [2.24, 2.45) is 0 Å². The van der Waals surface area contributed by atoms with Gasteiger partial charge in [0, 0.05) is 16.2 Å². The largest absolute Gasteiger partial charge is 0.345 e. The summed E-state index contributed by atoms with van der Waals surface area (Å²) < 4.78 is 39.5. The highest BCUT2D eigenvalue weighted by Gasteiger charge is 2.23. The summed E-state index contributed by atoms with van der Waals surface area (Å²) in [4.78, 5) is 13.1. The van der Waals surface area contributed by atoms with Crippen molar-refractivity contribution >= 4 is 17.7 Å². The van der Waals surface area contributed by atoms with E-state index in [1.165, 1.54) is 18.2 Å². The molecule has 1 N–H and O–H groups in total. The maximum Gasteiger partial charge on any atom is 0.251 e. The van der Waals surface area contributed by atoms with Crippen molar-refractivity contribution in [2.45, 2.75) is 17.4 Å². The summed E-state index contributed by atoms with van der Waals surface area (Å²) >= 11 is 1.60. The molecule has 2 aromatic carbocycles. The van der Waals surface area contributed by atoms with E-state index in [4.69, 9.17) is 0 Å². The molecule has 3 rings (SSSR count).